The van der Waals surface area contributed by atoms with Crippen LogP contribution in [0, 0.1) is 5.92 Å². The molecule has 2 unspecified atom stereocenters. The SMILES string of the molecule is CCNC(=O)CC(O)C(CC1=CC=CC=CC1)NC(=O)[C@@H](NC(=O)CCC1=CC=CC=CC1)C(C)C. The van der Waals surface area contributed by atoms with Gasteiger partial charge in [0.2, 0.25) is 17.7 Å². The largest absolute Gasteiger partial charge is 0.390 e. The molecule has 0 aromatic carbocycles. The highest BCUT2D eigenvalue weighted by Crippen LogP contribution is 2.18. The highest BCUT2D eigenvalue weighted by molar-refractivity contribution is 5.88. The van der Waals surface area contributed by atoms with Crippen molar-refractivity contribution in [3.8, 4) is 0 Å². The second kappa shape index (κ2) is 15.7. The van der Waals surface area contributed by atoms with E-state index in [1.807, 2.05) is 75.5 Å². The number of nitrogens with one attached hydrogen (secondary N) is 3. The smallest absolute Gasteiger partial charge is 0.243 e. The zero-order chi connectivity index (χ0) is 26.3. The van der Waals surface area contributed by atoms with Crippen LogP contribution in [0.5, 0.6) is 0 Å². The topological polar surface area (TPSA) is 108 Å². The Morgan fingerprint density at radius 3 is 2.17 bits per heavy atom. The van der Waals surface area contributed by atoms with Gasteiger partial charge in [-0.15, -0.1) is 0 Å². The van der Waals surface area contributed by atoms with Gasteiger partial charge in [0.05, 0.1) is 18.6 Å². The van der Waals surface area contributed by atoms with Crippen molar-refractivity contribution in [1.82, 2.24) is 16.0 Å². The van der Waals surface area contributed by atoms with Gasteiger partial charge >= 0.3 is 0 Å². The van der Waals surface area contributed by atoms with E-state index < -0.39 is 18.2 Å². The summed E-state index contributed by atoms with van der Waals surface area (Å²) in [6, 6.07) is -1.42. The van der Waals surface area contributed by atoms with Crippen molar-refractivity contribution < 1.29 is 19.5 Å². The molecule has 2 aliphatic rings. The summed E-state index contributed by atoms with van der Waals surface area (Å²) < 4.78 is 0. The average Bonchev–Trinajstić information content (AvgIpc) is 3.25. The molecule has 0 saturated carbocycles. The maximum absolute atomic E-state index is 13.3. The highest BCUT2D eigenvalue weighted by atomic mass is 16.3. The van der Waals surface area contributed by atoms with Gasteiger partial charge in [-0.25, -0.2) is 0 Å². The Morgan fingerprint density at radius 1 is 0.889 bits per heavy atom. The summed E-state index contributed by atoms with van der Waals surface area (Å²) in [4.78, 5) is 38.1. The van der Waals surface area contributed by atoms with Gasteiger partial charge in [-0.3, -0.25) is 14.4 Å². The maximum Gasteiger partial charge on any atom is 0.243 e. The number of hydrogen-bond acceptors (Lipinski definition) is 4. The van der Waals surface area contributed by atoms with Gasteiger partial charge in [-0.2, -0.15) is 0 Å². The van der Waals surface area contributed by atoms with E-state index in [2.05, 4.69) is 22.0 Å². The van der Waals surface area contributed by atoms with Gasteiger partial charge in [0.1, 0.15) is 6.04 Å². The minimum absolute atomic E-state index is 0.117. The summed E-state index contributed by atoms with van der Waals surface area (Å²) in [6.45, 7) is 6.03. The van der Waals surface area contributed by atoms with Crippen LogP contribution in [0.1, 0.15) is 59.3 Å². The molecule has 36 heavy (non-hydrogen) atoms. The Hall–Kier alpha value is -3.19. The van der Waals surface area contributed by atoms with E-state index in [0.717, 1.165) is 17.6 Å². The summed E-state index contributed by atoms with van der Waals surface area (Å²) in [5, 5.41) is 19.4. The Morgan fingerprint density at radius 2 is 1.53 bits per heavy atom. The van der Waals surface area contributed by atoms with Crippen LogP contribution in [-0.4, -0.2) is 47.6 Å². The minimum Gasteiger partial charge on any atom is -0.390 e. The van der Waals surface area contributed by atoms with Crippen LogP contribution in [0.15, 0.2) is 71.9 Å². The molecular weight excluding hydrogens is 454 g/mol. The molecule has 4 N–H and O–H groups in total. The molecular formula is C29H41N3O4. The van der Waals surface area contributed by atoms with Gasteiger partial charge in [0.25, 0.3) is 0 Å². The van der Waals surface area contributed by atoms with Crippen molar-refractivity contribution in [2.75, 3.05) is 6.54 Å². The molecule has 3 amide bonds. The number of aliphatic hydroxyl groups excluding tert-OH is 1. The predicted molar refractivity (Wildman–Crippen MR) is 144 cm³/mol. The molecule has 0 aromatic heterocycles. The van der Waals surface area contributed by atoms with Crippen LogP contribution >= 0.6 is 0 Å². The molecule has 7 nitrogen and oxygen atoms in total. The van der Waals surface area contributed by atoms with Crippen LogP contribution < -0.4 is 16.0 Å². The van der Waals surface area contributed by atoms with E-state index in [1.54, 1.807) is 0 Å². The molecule has 2 rings (SSSR count). The zero-order valence-corrected chi connectivity index (χ0v) is 21.7. The first-order chi connectivity index (χ1) is 17.3. The molecule has 196 valence electrons. The molecule has 0 fully saturated rings. The molecule has 0 aliphatic heterocycles. The molecule has 3 atom stereocenters. The quantitative estimate of drug-likeness (QED) is 0.313. The Bertz CT molecular complexity index is 940. The second-order valence-electron chi connectivity index (χ2n) is 9.52. The van der Waals surface area contributed by atoms with Crippen molar-refractivity contribution in [2.24, 2.45) is 5.92 Å². The molecule has 0 saturated heterocycles. The van der Waals surface area contributed by atoms with Gasteiger partial charge < -0.3 is 21.1 Å². The lowest BCUT2D eigenvalue weighted by atomic mass is 9.95. The first kappa shape index (κ1) is 29.0. The maximum atomic E-state index is 13.3. The van der Waals surface area contributed by atoms with Crippen molar-refractivity contribution in [3.63, 3.8) is 0 Å². The summed E-state index contributed by atoms with van der Waals surface area (Å²) in [5.41, 5.74) is 2.19. The number of aliphatic hydroxyl groups is 1. The van der Waals surface area contributed by atoms with Crippen LogP contribution in [0.3, 0.4) is 0 Å². The lowest BCUT2D eigenvalue weighted by Gasteiger charge is -2.29. The molecule has 0 bridgehead atoms. The number of carbonyl (C=O) groups excluding carboxylic acids is 3. The fraction of sp³-hybridized carbons (Fsp3) is 0.483. The highest BCUT2D eigenvalue weighted by Gasteiger charge is 2.30. The molecule has 0 radical (unpaired) electrons. The van der Waals surface area contributed by atoms with Crippen LogP contribution in [0.2, 0.25) is 0 Å². The van der Waals surface area contributed by atoms with Gasteiger partial charge in [-0.05, 0) is 38.5 Å². The van der Waals surface area contributed by atoms with Crippen LogP contribution in [-0.2, 0) is 14.4 Å². The lowest BCUT2D eigenvalue weighted by molar-refractivity contribution is -0.131. The van der Waals surface area contributed by atoms with Crippen LogP contribution in [0.4, 0.5) is 0 Å². The summed E-state index contributed by atoms with van der Waals surface area (Å²) in [6.07, 6.45) is 21.4. The standard InChI is InChI=1S/C29H41N3O4/c1-4-30-27(35)20-25(33)24(19-23-15-11-7-8-12-16-23)31-29(36)28(21(2)3)32-26(34)18-17-22-13-9-5-6-10-14-22/h5-13,15,21,24-25,28,33H,4,14,16-20H2,1-3H3,(H,30,35)(H,31,36)(H,32,34)/t24?,25?,28-/m0/s1. The number of carbonyl (C=O) groups is 3. The zero-order valence-electron chi connectivity index (χ0n) is 21.7. The Balaban J connectivity index is 2.05. The minimum atomic E-state index is -1.07. The van der Waals surface area contributed by atoms with Gasteiger partial charge in [0, 0.05) is 13.0 Å². The number of rotatable bonds is 13. The number of amides is 3. The third-order valence-electron chi connectivity index (χ3n) is 6.12. The van der Waals surface area contributed by atoms with E-state index in [0.29, 0.717) is 32.2 Å². The molecule has 2 aliphatic carbocycles. The van der Waals surface area contributed by atoms with Crippen molar-refractivity contribution in [3.05, 3.63) is 71.9 Å². The predicted octanol–water partition coefficient (Wildman–Crippen LogP) is 3.55. The van der Waals surface area contributed by atoms with Gasteiger partial charge in [-0.1, -0.05) is 85.8 Å². The summed E-state index contributed by atoms with van der Waals surface area (Å²) in [5.74, 6) is -0.979. The summed E-state index contributed by atoms with van der Waals surface area (Å²) >= 11 is 0. The molecule has 0 spiro atoms. The van der Waals surface area contributed by atoms with Crippen molar-refractivity contribution in [1.29, 1.82) is 0 Å². The van der Waals surface area contributed by atoms with E-state index in [-0.39, 0.29) is 30.1 Å². The van der Waals surface area contributed by atoms with Crippen molar-refractivity contribution in [2.45, 2.75) is 77.5 Å². The normalized spacial score (nSPS) is 17.4. The fourth-order valence-corrected chi connectivity index (χ4v) is 4.07. The van der Waals surface area contributed by atoms with E-state index >= 15 is 0 Å². The summed E-state index contributed by atoms with van der Waals surface area (Å²) in [7, 11) is 0. The van der Waals surface area contributed by atoms with Crippen LogP contribution in [0.25, 0.3) is 0 Å². The number of hydrogen-bond donors (Lipinski definition) is 4. The molecule has 0 heterocycles. The fourth-order valence-electron chi connectivity index (χ4n) is 4.07. The van der Waals surface area contributed by atoms with Crippen molar-refractivity contribution >= 4 is 17.7 Å². The van der Waals surface area contributed by atoms with E-state index in [1.165, 1.54) is 0 Å². The first-order valence-electron chi connectivity index (χ1n) is 12.9. The first-order valence-corrected chi connectivity index (χ1v) is 12.9. The molecule has 0 aromatic rings. The van der Waals surface area contributed by atoms with E-state index in [4.69, 9.17) is 0 Å². The third-order valence-corrected chi connectivity index (χ3v) is 6.12. The lowest BCUT2D eigenvalue weighted by Crippen LogP contribution is -2.55. The number of allylic oxidation sites excluding steroid dienone is 11. The molecule has 7 heteroatoms. The average molecular weight is 496 g/mol. The van der Waals surface area contributed by atoms with E-state index in [9.17, 15) is 19.5 Å². The third kappa shape index (κ3) is 10.6. The Labute approximate surface area is 215 Å². The Kier molecular flexibility index (Phi) is 12.7. The van der Waals surface area contributed by atoms with Gasteiger partial charge in [0.15, 0.2) is 0 Å². The second-order valence-corrected chi connectivity index (χ2v) is 9.52. The monoisotopic (exact) mass is 495 g/mol.